The molecule has 0 aliphatic carbocycles. The third-order valence-electron chi connectivity index (χ3n) is 2.00. The highest BCUT2D eigenvalue weighted by atomic mass is 32.2. The minimum absolute atomic E-state index is 0.381. The highest BCUT2D eigenvalue weighted by Gasteiger charge is 2.25. The molecule has 0 aromatic heterocycles. The molecule has 94 valence electrons. The van der Waals surface area contributed by atoms with Crippen molar-refractivity contribution in [3.8, 4) is 5.75 Å². The maximum absolute atomic E-state index is 13.0. The number of methoxy groups -OCH3 is 1. The first-order chi connectivity index (χ1) is 7.84. The molecular weight excluding hydrogens is 241 g/mol. The topological polar surface area (TPSA) is 44.6 Å². The molecule has 3 nitrogen and oxygen atoms in total. The zero-order valence-corrected chi connectivity index (χ0v) is 11.2. The smallest absolute Gasteiger partial charge is 0.144 e. The van der Waals surface area contributed by atoms with Gasteiger partial charge < -0.3 is 9.29 Å². The van der Waals surface area contributed by atoms with Gasteiger partial charge in [-0.25, -0.2) is 4.39 Å². The fourth-order valence-corrected chi connectivity index (χ4v) is 1.59. The second-order valence-electron chi connectivity index (χ2n) is 4.48. The van der Waals surface area contributed by atoms with E-state index in [-0.39, 0.29) is 5.82 Å². The lowest BCUT2D eigenvalue weighted by Crippen LogP contribution is -2.25. The molecule has 0 saturated carbocycles. The number of ether oxygens (including phenoxy) is 1. The van der Waals surface area contributed by atoms with Gasteiger partial charge in [0.1, 0.15) is 27.7 Å². The van der Waals surface area contributed by atoms with Crippen molar-refractivity contribution in [1.29, 1.82) is 0 Å². The van der Waals surface area contributed by atoms with Crippen LogP contribution in [0, 0.1) is 5.82 Å². The summed E-state index contributed by atoms with van der Waals surface area (Å²) < 4.78 is 33.3. The van der Waals surface area contributed by atoms with Crippen LogP contribution in [0.25, 0.3) is 0 Å². The van der Waals surface area contributed by atoms with Crippen LogP contribution in [-0.4, -0.2) is 22.6 Å². The van der Waals surface area contributed by atoms with E-state index in [2.05, 4.69) is 4.40 Å². The van der Waals surface area contributed by atoms with Crippen molar-refractivity contribution in [3.63, 3.8) is 0 Å². The van der Waals surface area contributed by atoms with Gasteiger partial charge in [-0.3, -0.25) is 0 Å². The summed E-state index contributed by atoms with van der Waals surface area (Å²) >= 11 is -1.36. The minimum atomic E-state index is -1.36. The predicted molar refractivity (Wildman–Crippen MR) is 68.4 cm³/mol. The van der Waals surface area contributed by atoms with E-state index in [1.807, 2.05) is 20.8 Å². The zero-order valence-electron chi connectivity index (χ0n) is 10.4. The Balaban J connectivity index is 2.94. The van der Waals surface area contributed by atoms with Crippen molar-refractivity contribution in [2.24, 2.45) is 4.40 Å². The van der Waals surface area contributed by atoms with Crippen LogP contribution in [0.15, 0.2) is 22.6 Å². The number of halogens is 1. The zero-order chi connectivity index (χ0) is 13.1. The van der Waals surface area contributed by atoms with Crippen LogP contribution < -0.4 is 4.74 Å². The van der Waals surface area contributed by atoms with Crippen LogP contribution in [0.3, 0.4) is 0 Å². The van der Waals surface area contributed by atoms with E-state index in [0.29, 0.717) is 11.3 Å². The molecule has 0 unspecified atom stereocenters. The number of nitrogens with zero attached hydrogens (tertiary/aromatic N) is 1. The van der Waals surface area contributed by atoms with Crippen molar-refractivity contribution < 1.29 is 13.7 Å². The van der Waals surface area contributed by atoms with Gasteiger partial charge >= 0.3 is 0 Å². The fourth-order valence-electron chi connectivity index (χ4n) is 1.07. The van der Waals surface area contributed by atoms with Crippen LogP contribution in [-0.2, 0) is 11.4 Å². The van der Waals surface area contributed by atoms with Crippen molar-refractivity contribution >= 4 is 17.6 Å². The Labute approximate surface area is 104 Å². The summed E-state index contributed by atoms with van der Waals surface area (Å²) in [6, 6.07) is 4.11. The van der Waals surface area contributed by atoms with Crippen LogP contribution in [0.4, 0.5) is 4.39 Å². The largest absolute Gasteiger partial charge is 0.591 e. The standard InChI is InChI=1S/C12H16FNO2S/c1-12(2,3)17(15)14-8-9-7-10(13)5-6-11(9)16-4/h5-8H,1-4H3/t17-/m0/s1. The summed E-state index contributed by atoms with van der Waals surface area (Å²) in [6.45, 7) is 5.47. The first-order valence-corrected chi connectivity index (χ1v) is 6.25. The lowest BCUT2D eigenvalue weighted by atomic mass is 10.2. The minimum Gasteiger partial charge on any atom is -0.591 e. The Hall–Kier alpha value is -1.07. The first kappa shape index (κ1) is 14.0. The van der Waals surface area contributed by atoms with Crippen molar-refractivity contribution in [3.05, 3.63) is 29.6 Å². The van der Waals surface area contributed by atoms with E-state index in [1.165, 1.54) is 31.5 Å². The van der Waals surface area contributed by atoms with Crippen molar-refractivity contribution in [2.45, 2.75) is 25.5 Å². The lowest BCUT2D eigenvalue weighted by Gasteiger charge is -2.17. The molecule has 0 fully saturated rings. The van der Waals surface area contributed by atoms with Crippen molar-refractivity contribution in [1.82, 2.24) is 0 Å². The molecule has 0 spiro atoms. The Morgan fingerprint density at radius 2 is 2.06 bits per heavy atom. The molecule has 1 atom stereocenters. The number of hydrogen-bond acceptors (Lipinski definition) is 3. The molecule has 0 heterocycles. The Morgan fingerprint density at radius 3 is 2.59 bits per heavy atom. The summed E-state index contributed by atoms with van der Waals surface area (Å²) in [5.74, 6) is 0.120. The van der Waals surface area contributed by atoms with E-state index in [1.54, 1.807) is 0 Å². The summed E-state index contributed by atoms with van der Waals surface area (Å²) in [4.78, 5) is 0. The van der Waals surface area contributed by atoms with Crippen LogP contribution in [0.1, 0.15) is 26.3 Å². The van der Waals surface area contributed by atoms with E-state index >= 15 is 0 Å². The number of benzene rings is 1. The summed E-state index contributed by atoms with van der Waals surface area (Å²) in [7, 11) is 1.49. The van der Waals surface area contributed by atoms with E-state index in [9.17, 15) is 8.94 Å². The second kappa shape index (κ2) is 5.51. The predicted octanol–water partition coefficient (Wildman–Crippen LogP) is 2.72. The van der Waals surface area contributed by atoms with Gasteiger partial charge in [0.15, 0.2) is 0 Å². The maximum atomic E-state index is 13.0. The normalized spacial score (nSPS) is 14.0. The summed E-state index contributed by atoms with van der Waals surface area (Å²) in [6.07, 6.45) is 1.38. The second-order valence-corrected chi connectivity index (χ2v) is 6.42. The van der Waals surface area contributed by atoms with Crippen LogP contribution >= 0.6 is 0 Å². The highest BCUT2D eigenvalue weighted by molar-refractivity contribution is 7.91. The van der Waals surface area contributed by atoms with E-state index in [0.717, 1.165) is 0 Å². The third kappa shape index (κ3) is 4.02. The molecule has 0 aliphatic heterocycles. The molecule has 1 aromatic rings. The third-order valence-corrected chi connectivity index (χ3v) is 3.35. The molecule has 0 aliphatic rings. The Bertz CT molecular complexity index is 415. The SMILES string of the molecule is COc1ccc(F)cc1C=N[S@@+]([O-])C(C)(C)C. The quantitative estimate of drug-likeness (QED) is 0.617. The fraction of sp³-hybridized carbons (Fsp3) is 0.417. The molecule has 5 heteroatoms. The lowest BCUT2D eigenvalue weighted by molar-refractivity contribution is 0.413. The molecule has 0 bridgehead atoms. The Morgan fingerprint density at radius 1 is 1.41 bits per heavy atom. The molecular formula is C12H16FNO2S. The van der Waals surface area contributed by atoms with Gasteiger partial charge in [0.2, 0.25) is 0 Å². The highest BCUT2D eigenvalue weighted by Crippen LogP contribution is 2.20. The molecule has 0 amide bonds. The molecule has 0 radical (unpaired) electrons. The molecule has 17 heavy (non-hydrogen) atoms. The van der Waals surface area contributed by atoms with Gasteiger partial charge in [-0.05, 0) is 39.0 Å². The first-order valence-electron chi connectivity index (χ1n) is 5.14. The summed E-state index contributed by atoms with van der Waals surface area (Å²) in [5, 5.41) is 0. The average molecular weight is 257 g/mol. The Kier molecular flexibility index (Phi) is 4.54. The monoisotopic (exact) mass is 257 g/mol. The molecule has 0 saturated heterocycles. The number of hydrogen-bond donors (Lipinski definition) is 0. The number of rotatable bonds is 3. The van der Waals surface area contributed by atoms with Gasteiger partial charge in [0.05, 0.1) is 13.3 Å². The molecule has 1 rings (SSSR count). The van der Waals surface area contributed by atoms with Crippen LogP contribution in [0.5, 0.6) is 5.75 Å². The van der Waals surface area contributed by atoms with Gasteiger partial charge in [-0.1, -0.05) is 4.40 Å². The average Bonchev–Trinajstić information content (AvgIpc) is 2.24. The maximum Gasteiger partial charge on any atom is 0.144 e. The van der Waals surface area contributed by atoms with Gasteiger partial charge in [-0.2, -0.15) is 0 Å². The van der Waals surface area contributed by atoms with Gasteiger partial charge in [-0.15, -0.1) is 0 Å². The summed E-state index contributed by atoms with van der Waals surface area (Å²) in [5.41, 5.74) is 0.477. The van der Waals surface area contributed by atoms with E-state index < -0.39 is 16.1 Å². The van der Waals surface area contributed by atoms with Crippen LogP contribution in [0.2, 0.25) is 0 Å². The van der Waals surface area contributed by atoms with Gasteiger partial charge in [0.25, 0.3) is 0 Å². The molecule has 1 aromatic carbocycles. The van der Waals surface area contributed by atoms with Crippen molar-refractivity contribution in [2.75, 3.05) is 7.11 Å². The van der Waals surface area contributed by atoms with Gasteiger partial charge in [0, 0.05) is 5.56 Å². The van der Waals surface area contributed by atoms with E-state index in [4.69, 9.17) is 4.74 Å². The molecule has 0 N–H and O–H groups in total.